The van der Waals surface area contributed by atoms with Crippen molar-refractivity contribution in [3.05, 3.63) is 48.8 Å². The maximum absolute atomic E-state index is 12.1. The molecule has 0 N–H and O–H groups in total. The summed E-state index contributed by atoms with van der Waals surface area (Å²) in [7, 11) is 0. The molecular weight excluding hydrogens is 282 g/mol. The van der Waals surface area contributed by atoms with Crippen LogP contribution in [0.15, 0.2) is 48.8 Å². The van der Waals surface area contributed by atoms with E-state index in [0.29, 0.717) is 24.8 Å². The fourth-order valence-corrected chi connectivity index (χ4v) is 2.30. The summed E-state index contributed by atoms with van der Waals surface area (Å²) in [6.45, 7) is 1.24. The van der Waals surface area contributed by atoms with Gasteiger partial charge >= 0.3 is 6.01 Å². The van der Waals surface area contributed by atoms with E-state index in [9.17, 15) is 4.79 Å². The minimum Gasteiger partial charge on any atom is -0.484 e. The number of hydrogen-bond acceptors (Lipinski definition) is 5. The SMILES string of the molecule is O=C(COc1ccccc1)N1CCC(Oc2ncccn2)C1. The van der Waals surface area contributed by atoms with E-state index in [4.69, 9.17) is 9.47 Å². The molecule has 1 aromatic carbocycles. The van der Waals surface area contributed by atoms with Crippen molar-refractivity contribution in [2.45, 2.75) is 12.5 Å². The minimum absolute atomic E-state index is 0.0380. The van der Waals surface area contributed by atoms with E-state index in [1.807, 2.05) is 30.3 Å². The normalized spacial score (nSPS) is 17.3. The van der Waals surface area contributed by atoms with Crippen LogP contribution in [-0.2, 0) is 4.79 Å². The molecule has 1 fully saturated rings. The first kappa shape index (κ1) is 14.3. The van der Waals surface area contributed by atoms with Crippen LogP contribution in [0.25, 0.3) is 0 Å². The maximum Gasteiger partial charge on any atom is 0.316 e. The van der Waals surface area contributed by atoms with Crippen LogP contribution in [0.2, 0.25) is 0 Å². The first-order valence-electron chi connectivity index (χ1n) is 7.20. The van der Waals surface area contributed by atoms with Crippen molar-refractivity contribution in [1.82, 2.24) is 14.9 Å². The van der Waals surface area contributed by atoms with E-state index in [2.05, 4.69) is 9.97 Å². The standard InChI is InChI=1S/C16H17N3O3/c20-15(12-21-13-5-2-1-3-6-13)19-10-7-14(11-19)22-16-17-8-4-9-18-16/h1-6,8-9,14H,7,10-12H2. The zero-order valence-electron chi connectivity index (χ0n) is 12.1. The molecule has 1 unspecified atom stereocenters. The molecule has 1 saturated heterocycles. The Hall–Kier alpha value is -2.63. The first-order valence-corrected chi connectivity index (χ1v) is 7.20. The molecule has 0 radical (unpaired) electrons. The molecule has 6 nitrogen and oxygen atoms in total. The molecule has 0 saturated carbocycles. The lowest BCUT2D eigenvalue weighted by Gasteiger charge is -2.17. The number of ether oxygens (including phenoxy) is 2. The van der Waals surface area contributed by atoms with E-state index in [1.54, 1.807) is 23.4 Å². The smallest absolute Gasteiger partial charge is 0.316 e. The number of nitrogens with zero attached hydrogens (tertiary/aromatic N) is 3. The second-order valence-electron chi connectivity index (χ2n) is 5.00. The highest BCUT2D eigenvalue weighted by molar-refractivity contribution is 5.78. The number of benzene rings is 1. The van der Waals surface area contributed by atoms with Crippen LogP contribution in [0.3, 0.4) is 0 Å². The third-order valence-electron chi connectivity index (χ3n) is 3.42. The van der Waals surface area contributed by atoms with Crippen LogP contribution >= 0.6 is 0 Å². The van der Waals surface area contributed by atoms with Crippen molar-refractivity contribution < 1.29 is 14.3 Å². The molecule has 114 valence electrons. The third kappa shape index (κ3) is 3.72. The largest absolute Gasteiger partial charge is 0.484 e. The first-order chi connectivity index (χ1) is 10.8. The van der Waals surface area contributed by atoms with Crippen molar-refractivity contribution in [3.8, 4) is 11.8 Å². The summed E-state index contributed by atoms with van der Waals surface area (Å²) >= 11 is 0. The van der Waals surface area contributed by atoms with Crippen LogP contribution in [0.5, 0.6) is 11.8 Å². The zero-order valence-corrected chi connectivity index (χ0v) is 12.1. The van der Waals surface area contributed by atoms with Crippen LogP contribution in [0.1, 0.15) is 6.42 Å². The molecule has 2 aromatic rings. The van der Waals surface area contributed by atoms with Crippen LogP contribution in [-0.4, -0.2) is 46.6 Å². The van der Waals surface area contributed by atoms with E-state index in [-0.39, 0.29) is 18.6 Å². The lowest BCUT2D eigenvalue weighted by molar-refractivity contribution is -0.132. The number of carbonyl (C=O) groups excluding carboxylic acids is 1. The second-order valence-corrected chi connectivity index (χ2v) is 5.00. The fourth-order valence-electron chi connectivity index (χ4n) is 2.30. The number of carbonyl (C=O) groups is 1. The molecule has 2 heterocycles. The molecule has 1 aromatic heterocycles. The Morgan fingerprint density at radius 2 is 1.95 bits per heavy atom. The molecule has 1 aliphatic rings. The molecule has 1 aliphatic heterocycles. The van der Waals surface area contributed by atoms with Crippen molar-refractivity contribution in [2.24, 2.45) is 0 Å². The highest BCUT2D eigenvalue weighted by Gasteiger charge is 2.28. The lowest BCUT2D eigenvalue weighted by Crippen LogP contribution is -2.34. The Morgan fingerprint density at radius 3 is 2.73 bits per heavy atom. The van der Waals surface area contributed by atoms with E-state index in [1.165, 1.54) is 0 Å². The second kappa shape index (κ2) is 6.89. The Morgan fingerprint density at radius 1 is 1.18 bits per heavy atom. The van der Waals surface area contributed by atoms with Gasteiger partial charge in [-0.25, -0.2) is 9.97 Å². The Kier molecular flexibility index (Phi) is 4.48. The molecule has 3 rings (SSSR count). The highest BCUT2D eigenvalue weighted by atomic mass is 16.5. The average Bonchev–Trinajstić information content (AvgIpc) is 3.03. The molecule has 0 spiro atoms. The molecule has 6 heteroatoms. The van der Waals surface area contributed by atoms with Crippen molar-refractivity contribution in [3.63, 3.8) is 0 Å². The molecule has 0 bridgehead atoms. The van der Waals surface area contributed by atoms with Crippen molar-refractivity contribution >= 4 is 5.91 Å². The van der Waals surface area contributed by atoms with Crippen molar-refractivity contribution in [1.29, 1.82) is 0 Å². The van der Waals surface area contributed by atoms with Gasteiger partial charge in [0.1, 0.15) is 11.9 Å². The molecule has 0 aliphatic carbocycles. The predicted molar refractivity (Wildman–Crippen MR) is 79.6 cm³/mol. The summed E-state index contributed by atoms with van der Waals surface area (Å²) < 4.78 is 11.1. The van der Waals surface area contributed by atoms with E-state index in [0.717, 1.165) is 6.42 Å². The van der Waals surface area contributed by atoms with E-state index < -0.39 is 0 Å². The highest BCUT2D eigenvalue weighted by Crippen LogP contribution is 2.15. The average molecular weight is 299 g/mol. The third-order valence-corrected chi connectivity index (χ3v) is 3.42. The number of para-hydroxylation sites is 1. The molecular formula is C16H17N3O3. The van der Waals surface area contributed by atoms with E-state index >= 15 is 0 Å². The van der Waals surface area contributed by atoms with Gasteiger partial charge in [-0.3, -0.25) is 4.79 Å². The summed E-state index contributed by atoms with van der Waals surface area (Å²) in [6, 6.07) is 11.4. The Balaban J connectivity index is 1.46. The number of amides is 1. The molecule has 22 heavy (non-hydrogen) atoms. The van der Waals surface area contributed by atoms with Crippen LogP contribution < -0.4 is 9.47 Å². The fraction of sp³-hybridized carbons (Fsp3) is 0.312. The lowest BCUT2D eigenvalue weighted by atomic mass is 10.3. The molecule has 1 atom stereocenters. The van der Waals surface area contributed by atoms with Gasteiger partial charge in [0.05, 0.1) is 6.54 Å². The predicted octanol–water partition coefficient (Wildman–Crippen LogP) is 1.54. The number of likely N-dealkylation sites (tertiary alicyclic amines) is 1. The van der Waals surface area contributed by atoms with Gasteiger partial charge in [0, 0.05) is 25.4 Å². The van der Waals surface area contributed by atoms with Gasteiger partial charge in [-0.05, 0) is 18.2 Å². The van der Waals surface area contributed by atoms with Gasteiger partial charge in [-0.15, -0.1) is 0 Å². The Labute approximate surface area is 128 Å². The van der Waals surface area contributed by atoms with Crippen LogP contribution in [0, 0.1) is 0 Å². The van der Waals surface area contributed by atoms with Gasteiger partial charge in [-0.1, -0.05) is 18.2 Å². The Bertz CT molecular complexity index is 607. The summed E-state index contributed by atoms with van der Waals surface area (Å²) in [5.41, 5.74) is 0. The number of hydrogen-bond donors (Lipinski definition) is 0. The topological polar surface area (TPSA) is 64.5 Å². The van der Waals surface area contributed by atoms with Gasteiger partial charge in [0.25, 0.3) is 5.91 Å². The van der Waals surface area contributed by atoms with Gasteiger partial charge in [-0.2, -0.15) is 0 Å². The summed E-state index contributed by atoms with van der Waals surface area (Å²) in [6.07, 6.45) is 3.97. The van der Waals surface area contributed by atoms with Gasteiger partial charge < -0.3 is 14.4 Å². The maximum atomic E-state index is 12.1. The summed E-state index contributed by atoms with van der Waals surface area (Å²) in [4.78, 5) is 21.9. The van der Waals surface area contributed by atoms with Crippen LogP contribution in [0.4, 0.5) is 0 Å². The zero-order chi connectivity index (χ0) is 15.2. The minimum atomic E-state index is -0.0666. The summed E-state index contributed by atoms with van der Waals surface area (Å²) in [5.74, 6) is 0.657. The quantitative estimate of drug-likeness (QED) is 0.838. The van der Waals surface area contributed by atoms with Crippen molar-refractivity contribution in [2.75, 3.05) is 19.7 Å². The number of aromatic nitrogens is 2. The monoisotopic (exact) mass is 299 g/mol. The van der Waals surface area contributed by atoms with Gasteiger partial charge in [0.2, 0.25) is 0 Å². The number of rotatable bonds is 5. The summed E-state index contributed by atoms with van der Waals surface area (Å²) in [5, 5.41) is 0. The van der Waals surface area contributed by atoms with Gasteiger partial charge in [0.15, 0.2) is 6.61 Å². The molecule has 1 amide bonds.